The highest BCUT2D eigenvalue weighted by atomic mass is 16.2. The zero-order valence-corrected chi connectivity index (χ0v) is 20.2. The van der Waals surface area contributed by atoms with E-state index in [1.807, 2.05) is 4.57 Å². The van der Waals surface area contributed by atoms with Crippen molar-refractivity contribution in [1.82, 2.24) is 23.6 Å². The average Bonchev–Trinajstić information content (AvgIpc) is 3.19. The molecule has 0 radical (unpaired) electrons. The van der Waals surface area contributed by atoms with Crippen molar-refractivity contribution in [2.45, 2.75) is 53.1 Å². The number of anilines is 2. The zero-order valence-electron chi connectivity index (χ0n) is 20.2. The van der Waals surface area contributed by atoms with Crippen LogP contribution in [0.5, 0.6) is 0 Å². The molecule has 1 fully saturated rings. The minimum Gasteiger partial charge on any atom is -0.312 e. The van der Waals surface area contributed by atoms with Gasteiger partial charge in [0.1, 0.15) is 0 Å². The van der Waals surface area contributed by atoms with Crippen molar-refractivity contribution in [3.05, 3.63) is 50.2 Å². The summed E-state index contributed by atoms with van der Waals surface area (Å²) >= 11 is 0. The van der Waals surface area contributed by atoms with E-state index in [1.165, 1.54) is 35.0 Å². The van der Waals surface area contributed by atoms with Crippen molar-refractivity contribution >= 4 is 22.8 Å². The van der Waals surface area contributed by atoms with Gasteiger partial charge in [0.25, 0.3) is 5.56 Å². The Hall–Kier alpha value is -2.87. The van der Waals surface area contributed by atoms with E-state index >= 15 is 0 Å². The Morgan fingerprint density at radius 1 is 1.00 bits per heavy atom. The number of rotatable bonds is 4. The first kappa shape index (κ1) is 21.9. The number of hydrogen-bond acceptors (Lipinski definition) is 5. The topological polar surface area (TPSA) is 68.3 Å². The molecule has 1 saturated heterocycles. The van der Waals surface area contributed by atoms with E-state index in [2.05, 4.69) is 48.8 Å². The molecule has 5 rings (SSSR count). The summed E-state index contributed by atoms with van der Waals surface area (Å²) in [5.74, 6) is 1.09. The maximum Gasteiger partial charge on any atom is 0.332 e. The molecule has 33 heavy (non-hydrogen) atoms. The highest BCUT2D eigenvalue weighted by Gasteiger charge is 2.30. The highest BCUT2D eigenvalue weighted by molar-refractivity contribution is 5.77. The molecule has 0 aliphatic carbocycles. The van der Waals surface area contributed by atoms with E-state index in [1.54, 1.807) is 11.6 Å². The first-order valence-electron chi connectivity index (χ1n) is 12.1. The number of imidazole rings is 1. The van der Waals surface area contributed by atoms with Gasteiger partial charge in [-0.15, -0.1) is 0 Å². The van der Waals surface area contributed by atoms with Crippen molar-refractivity contribution in [2.24, 2.45) is 13.0 Å². The monoisotopic (exact) mass is 450 g/mol. The average molecular weight is 451 g/mol. The van der Waals surface area contributed by atoms with Crippen molar-refractivity contribution in [3.63, 3.8) is 0 Å². The van der Waals surface area contributed by atoms with Crippen molar-refractivity contribution in [3.8, 4) is 0 Å². The fourth-order valence-corrected chi connectivity index (χ4v) is 5.24. The summed E-state index contributed by atoms with van der Waals surface area (Å²) < 4.78 is 4.98. The lowest BCUT2D eigenvalue weighted by atomic mass is 10.1. The molecule has 0 spiro atoms. The lowest BCUT2D eigenvalue weighted by Crippen LogP contribution is -2.43. The normalized spacial score (nSPS) is 19.3. The Labute approximate surface area is 194 Å². The number of piperidine rings is 1. The molecule has 2 aliphatic heterocycles. The van der Waals surface area contributed by atoms with Gasteiger partial charge in [-0.2, -0.15) is 4.98 Å². The quantitative estimate of drug-likeness (QED) is 0.612. The van der Waals surface area contributed by atoms with E-state index < -0.39 is 0 Å². The maximum atomic E-state index is 13.6. The fourth-order valence-electron chi connectivity index (χ4n) is 5.24. The van der Waals surface area contributed by atoms with E-state index in [9.17, 15) is 9.59 Å². The SMILES string of the molecule is Cc1ccc(N2C[C@H](C)Cn3c2nc2c3c(=O)n(CCN3CCCCC3)c(=O)n2C)cc1C. The van der Waals surface area contributed by atoms with Crippen LogP contribution in [-0.4, -0.2) is 49.8 Å². The third-order valence-corrected chi connectivity index (χ3v) is 7.33. The van der Waals surface area contributed by atoms with Crippen molar-refractivity contribution in [2.75, 3.05) is 31.1 Å². The summed E-state index contributed by atoms with van der Waals surface area (Å²) in [5.41, 5.74) is 4.03. The van der Waals surface area contributed by atoms with Gasteiger partial charge in [-0.25, -0.2) is 4.79 Å². The van der Waals surface area contributed by atoms with E-state index in [4.69, 9.17) is 4.98 Å². The summed E-state index contributed by atoms with van der Waals surface area (Å²) in [7, 11) is 1.73. The second kappa shape index (κ2) is 8.48. The molecular weight excluding hydrogens is 416 g/mol. The van der Waals surface area contributed by atoms with Crippen LogP contribution in [0, 0.1) is 19.8 Å². The summed E-state index contributed by atoms with van der Waals surface area (Å²) in [6, 6.07) is 6.41. The second-order valence-electron chi connectivity index (χ2n) is 9.88. The molecule has 0 amide bonds. The van der Waals surface area contributed by atoms with Crippen LogP contribution in [0.15, 0.2) is 27.8 Å². The largest absolute Gasteiger partial charge is 0.332 e. The Morgan fingerprint density at radius 3 is 2.48 bits per heavy atom. The Kier molecular flexibility index (Phi) is 5.64. The van der Waals surface area contributed by atoms with Gasteiger partial charge >= 0.3 is 5.69 Å². The third kappa shape index (κ3) is 3.80. The summed E-state index contributed by atoms with van der Waals surface area (Å²) in [6.07, 6.45) is 3.64. The fraction of sp³-hybridized carbons (Fsp3) is 0.560. The van der Waals surface area contributed by atoms with Gasteiger partial charge in [-0.05, 0) is 69.0 Å². The van der Waals surface area contributed by atoms with E-state index in [-0.39, 0.29) is 11.2 Å². The van der Waals surface area contributed by atoms with Crippen LogP contribution in [0.4, 0.5) is 11.6 Å². The smallest absolute Gasteiger partial charge is 0.312 e. The number of aryl methyl sites for hydroxylation is 3. The molecular formula is C25H34N6O2. The molecule has 8 nitrogen and oxygen atoms in total. The molecule has 4 heterocycles. The van der Waals surface area contributed by atoms with Crippen LogP contribution in [0.3, 0.4) is 0 Å². The molecule has 0 unspecified atom stereocenters. The molecule has 8 heteroatoms. The standard InChI is InChI=1S/C25H34N6O2/c1-17-15-30(20-9-8-18(2)19(3)14-20)24-26-22-21(31(24)16-17)23(32)29(25(33)27(22)4)13-12-28-10-6-5-7-11-28/h8-9,14,17H,5-7,10-13,15-16H2,1-4H3/t17-/m0/s1. The number of aromatic nitrogens is 4. The zero-order chi connectivity index (χ0) is 23.3. The molecule has 0 bridgehead atoms. The van der Waals surface area contributed by atoms with Crippen LogP contribution in [0.25, 0.3) is 11.2 Å². The molecule has 1 aromatic carbocycles. The van der Waals surface area contributed by atoms with Gasteiger partial charge in [-0.1, -0.05) is 19.4 Å². The van der Waals surface area contributed by atoms with E-state index in [0.717, 1.165) is 37.8 Å². The lowest BCUT2D eigenvalue weighted by Gasteiger charge is -2.33. The molecule has 0 N–H and O–H groups in total. The minimum atomic E-state index is -0.286. The van der Waals surface area contributed by atoms with Crippen LogP contribution in [0.2, 0.25) is 0 Å². The van der Waals surface area contributed by atoms with Gasteiger partial charge in [0.2, 0.25) is 5.95 Å². The third-order valence-electron chi connectivity index (χ3n) is 7.33. The number of benzene rings is 1. The molecule has 2 aliphatic rings. The Balaban J connectivity index is 1.61. The predicted octanol–water partition coefficient (Wildman–Crippen LogP) is 2.79. The van der Waals surface area contributed by atoms with Crippen LogP contribution >= 0.6 is 0 Å². The molecule has 3 aromatic rings. The van der Waals surface area contributed by atoms with Gasteiger partial charge in [0.05, 0.1) is 0 Å². The second-order valence-corrected chi connectivity index (χ2v) is 9.88. The van der Waals surface area contributed by atoms with Gasteiger partial charge in [0.15, 0.2) is 11.2 Å². The summed E-state index contributed by atoms with van der Waals surface area (Å²) in [6.45, 7) is 11.2. The van der Waals surface area contributed by atoms with Crippen molar-refractivity contribution < 1.29 is 0 Å². The highest BCUT2D eigenvalue weighted by Crippen LogP contribution is 2.33. The number of fused-ring (bicyclic) bond motifs is 3. The lowest BCUT2D eigenvalue weighted by molar-refractivity contribution is 0.218. The minimum absolute atomic E-state index is 0.224. The first-order chi connectivity index (χ1) is 15.8. The number of hydrogen-bond donors (Lipinski definition) is 0. The first-order valence-corrected chi connectivity index (χ1v) is 12.1. The summed E-state index contributed by atoms with van der Waals surface area (Å²) in [5, 5.41) is 0. The molecule has 176 valence electrons. The van der Waals surface area contributed by atoms with Crippen molar-refractivity contribution in [1.29, 1.82) is 0 Å². The molecule has 2 aromatic heterocycles. The van der Waals surface area contributed by atoms with Crippen LogP contribution in [-0.2, 0) is 20.1 Å². The number of likely N-dealkylation sites (tertiary alicyclic amines) is 1. The summed E-state index contributed by atoms with van der Waals surface area (Å²) in [4.78, 5) is 36.1. The Bertz CT molecular complexity index is 1310. The van der Waals surface area contributed by atoms with Gasteiger partial charge in [0, 0.05) is 38.9 Å². The maximum absolute atomic E-state index is 13.6. The molecule has 0 saturated carbocycles. The number of nitrogens with zero attached hydrogens (tertiary/aromatic N) is 6. The van der Waals surface area contributed by atoms with Crippen LogP contribution in [0.1, 0.15) is 37.3 Å². The van der Waals surface area contributed by atoms with Gasteiger partial charge < -0.3 is 14.4 Å². The van der Waals surface area contributed by atoms with Gasteiger partial charge in [-0.3, -0.25) is 13.9 Å². The van der Waals surface area contributed by atoms with E-state index in [0.29, 0.717) is 30.2 Å². The van der Waals surface area contributed by atoms with Crippen LogP contribution < -0.4 is 16.1 Å². The predicted molar refractivity (Wildman–Crippen MR) is 132 cm³/mol. The molecule has 1 atom stereocenters. The Morgan fingerprint density at radius 2 is 1.76 bits per heavy atom.